The highest BCUT2D eigenvalue weighted by molar-refractivity contribution is 5.39. The quantitative estimate of drug-likeness (QED) is 0.851. The highest BCUT2D eigenvalue weighted by Gasteiger charge is 2.57. The summed E-state index contributed by atoms with van der Waals surface area (Å²) < 4.78 is 19.5. The Labute approximate surface area is 120 Å². The van der Waals surface area contributed by atoms with E-state index in [-0.39, 0.29) is 22.9 Å². The number of aryl methyl sites for hydroxylation is 1. The average Bonchev–Trinajstić information content (AvgIpc) is 2.74. The monoisotopic (exact) mass is 278 g/mol. The van der Waals surface area contributed by atoms with Crippen LogP contribution in [0.4, 0.5) is 4.39 Å². The Balaban J connectivity index is 2.04. The maximum absolute atomic E-state index is 13.4. The summed E-state index contributed by atoms with van der Waals surface area (Å²) in [5, 5.41) is 11.3. The molecule has 1 N–H and O–H groups in total. The van der Waals surface area contributed by atoms with Crippen LogP contribution in [0.25, 0.3) is 0 Å². The van der Waals surface area contributed by atoms with Crippen LogP contribution < -0.4 is 0 Å². The molecule has 0 amide bonds. The van der Waals surface area contributed by atoms with Crippen molar-refractivity contribution in [3.05, 3.63) is 35.1 Å². The molecule has 2 atom stereocenters. The fraction of sp³-hybridized carbons (Fsp3) is 0.647. The first-order chi connectivity index (χ1) is 9.14. The molecule has 1 aromatic carbocycles. The molecule has 110 valence electrons. The molecule has 1 aliphatic carbocycles. The van der Waals surface area contributed by atoms with Gasteiger partial charge in [-0.1, -0.05) is 6.07 Å². The lowest BCUT2D eigenvalue weighted by Gasteiger charge is -2.38. The molecule has 2 unspecified atom stereocenters. The Morgan fingerprint density at radius 1 is 1.25 bits per heavy atom. The number of benzene rings is 1. The highest BCUT2D eigenvalue weighted by Crippen LogP contribution is 2.54. The Bertz CT molecular complexity index is 550. The normalized spacial score (nSPS) is 34.2. The van der Waals surface area contributed by atoms with Crippen LogP contribution in [0.15, 0.2) is 18.2 Å². The molecule has 0 saturated carbocycles. The van der Waals surface area contributed by atoms with E-state index in [9.17, 15) is 9.50 Å². The fourth-order valence-corrected chi connectivity index (χ4v) is 4.32. The predicted molar refractivity (Wildman–Crippen MR) is 76.0 cm³/mol. The minimum Gasteiger partial charge on any atom is -0.385 e. The van der Waals surface area contributed by atoms with E-state index in [4.69, 9.17) is 4.74 Å². The molecule has 3 rings (SSSR count). The van der Waals surface area contributed by atoms with Gasteiger partial charge in [0.1, 0.15) is 5.82 Å². The lowest BCUT2D eigenvalue weighted by Crippen LogP contribution is -2.43. The second kappa shape index (κ2) is 4.05. The Kier molecular flexibility index (Phi) is 2.84. The van der Waals surface area contributed by atoms with E-state index in [1.807, 2.05) is 13.8 Å². The molecular weight excluding hydrogens is 255 g/mol. The topological polar surface area (TPSA) is 29.5 Å². The summed E-state index contributed by atoms with van der Waals surface area (Å²) >= 11 is 0. The third kappa shape index (κ3) is 1.99. The van der Waals surface area contributed by atoms with E-state index in [2.05, 4.69) is 13.8 Å². The van der Waals surface area contributed by atoms with Crippen molar-refractivity contribution in [2.24, 2.45) is 5.92 Å². The zero-order valence-electron chi connectivity index (χ0n) is 12.7. The van der Waals surface area contributed by atoms with Gasteiger partial charge in [0.05, 0.1) is 16.8 Å². The van der Waals surface area contributed by atoms with Crippen molar-refractivity contribution in [3.63, 3.8) is 0 Å². The summed E-state index contributed by atoms with van der Waals surface area (Å²) in [4.78, 5) is 0. The second-order valence-corrected chi connectivity index (χ2v) is 7.45. The number of halogens is 1. The molecular formula is C17H23FO2. The number of hydrogen-bond donors (Lipinski definition) is 1. The molecule has 1 aliphatic heterocycles. The van der Waals surface area contributed by atoms with Crippen LogP contribution in [0.5, 0.6) is 0 Å². The van der Waals surface area contributed by atoms with Crippen LogP contribution in [-0.4, -0.2) is 16.3 Å². The maximum Gasteiger partial charge on any atom is 0.123 e. The van der Waals surface area contributed by atoms with Crippen molar-refractivity contribution < 1.29 is 14.2 Å². The average molecular weight is 278 g/mol. The van der Waals surface area contributed by atoms with Gasteiger partial charge in [-0.3, -0.25) is 0 Å². The molecule has 1 fully saturated rings. The molecule has 2 nitrogen and oxygen atoms in total. The van der Waals surface area contributed by atoms with Crippen LogP contribution >= 0.6 is 0 Å². The first-order valence-electron chi connectivity index (χ1n) is 7.36. The minimum atomic E-state index is -0.902. The van der Waals surface area contributed by atoms with Crippen molar-refractivity contribution in [2.75, 3.05) is 0 Å². The van der Waals surface area contributed by atoms with Crippen LogP contribution in [0.2, 0.25) is 0 Å². The third-order valence-electron chi connectivity index (χ3n) is 4.96. The van der Waals surface area contributed by atoms with Crippen LogP contribution in [0.3, 0.4) is 0 Å². The summed E-state index contributed by atoms with van der Waals surface area (Å²) in [6, 6.07) is 4.75. The first kappa shape index (κ1) is 14.0. The zero-order chi connectivity index (χ0) is 14.8. The highest BCUT2D eigenvalue weighted by atomic mass is 19.1. The summed E-state index contributed by atoms with van der Waals surface area (Å²) in [5.41, 5.74) is 0.313. The van der Waals surface area contributed by atoms with Gasteiger partial charge < -0.3 is 9.84 Å². The molecule has 20 heavy (non-hydrogen) atoms. The van der Waals surface area contributed by atoms with E-state index in [1.54, 1.807) is 12.1 Å². The summed E-state index contributed by atoms with van der Waals surface area (Å²) in [5.74, 6) is -0.202. The molecule has 0 spiro atoms. The van der Waals surface area contributed by atoms with Crippen LogP contribution in [0.1, 0.15) is 51.7 Å². The van der Waals surface area contributed by atoms with Crippen LogP contribution in [0, 0.1) is 11.7 Å². The molecule has 3 heteroatoms. The van der Waals surface area contributed by atoms with Crippen molar-refractivity contribution >= 4 is 0 Å². The van der Waals surface area contributed by atoms with E-state index in [0.29, 0.717) is 6.42 Å². The minimum absolute atomic E-state index is 0.0247. The number of fused-ring (bicyclic) bond motifs is 1. The smallest absolute Gasteiger partial charge is 0.123 e. The first-order valence-corrected chi connectivity index (χ1v) is 7.36. The van der Waals surface area contributed by atoms with E-state index >= 15 is 0 Å². The molecule has 0 bridgehead atoms. The van der Waals surface area contributed by atoms with Gasteiger partial charge in [0.25, 0.3) is 0 Å². The number of ether oxygens (including phenoxy) is 1. The SMILES string of the molecule is CC1(C)CC(C2(O)CCc3cc(F)ccc32)C(C)(C)O1. The van der Waals surface area contributed by atoms with Crippen molar-refractivity contribution in [1.29, 1.82) is 0 Å². The number of hydrogen-bond acceptors (Lipinski definition) is 2. The largest absolute Gasteiger partial charge is 0.385 e. The van der Waals surface area contributed by atoms with E-state index in [1.165, 1.54) is 6.07 Å². The van der Waals surface area contributed by atoms with E-state index in [0.717, 1.165) is 24.0 Å². The Morgan fingerprint density at radius 2 is 1.95 bits per heavy atom. The molecule has 1 heterocycles. The molecule has 2 aliphatic rings. The van der Waals surface area contributed by atoms with Gasteiger partial charge in [-0.05, 0) is 70.2 Å². The van der Waals surface area contributed by atoms with Gasteiger partial charge in [-0.25, -0.2) is 4.39 Å². The number of aliphatic hydroxyl groups is 1. The summed E-state index contributed by atoms with van der Waals surface area (Å²) in [6.07, 6.45) is 2.20. The molecule has 1 aromatic rings. The van der Waals surface area contributed by atoms with Gasteiger partial charge in [-0.15, -0.1) is 0 Å². The maximum atomic E-state index is 13.4. The van der Waals surface area contributed by atoms with Gasteiger partial charge >= 0.3 is 0 Å². The molecule has 0 radical (unpaired) electrons. The van der Waals surface area contributed by atoms with Gasteiger partial charge in [0.2, 0.25) is 0 Å². The zero-order valence-corrected chi connectivity index (χ0v) is 12.7. The van der Waals surface area contributed by atoms with E-state index < -0.39 is 5.60 Å². The lowest BCUT2D eigenvalue weighted by molar-refractivity contribution is -0.116. The standard InChI is InChI=1S/C17H23FO2/c1-15(2)10-14(16(3,4)20-15)17(19)8-7-11-9-12(18)5-6-13(11)17/h5-6,9,14,19H,7-8,10H2,1-4H3. The summed E-state index contributed by atoms with van der Waals surface area (Å²) in [7, 11) is 0. The fourth-order valence-electron chi connectivity index (χ4n) is 4.32. The van der Waals surface area contributed by atoms with Crippen molar-refractivity contribution in [3.8, 4) is 0 Å². The molecule has 1 saturated heterocycles. The van der Waals surface area contributed by atoms with Gasteiger partial charge in [0.15, 0.2) is 0 Å². The van der Waals surface area contributed by atoms with Crippen LogP contribution in [-0.2, 0) is 16.8 Å². The summed E-state index contributed by atoms with van der Waals surface area (Å²) in [6.45, 7) is 8.23. The lowest BCUT2D eigenvalue weighted by atomic mass is 9.72. The second-order valence-electron chi connectivity index (χ2n) is 7.45. The van der Waals surface area contributed by atoms with Crippen molar-refractivity contribution in [1.82, 2.24) is 0 Å². The Hall–Kier alpha value is -0.930. The van der Waals surface area contributed by atoms with Gasteiger partial charge in [-0.2, -0.15) is 0 Å². The Morgan fingerprint density at radius 3 is 2.55 bits per heavy atom. The van der Waals surface area contributed by atoms with Gasteiger partial charge in [0, 0.05) is 5.92 Å². The molecule has 0 aromatic heterocycles. The van der Waals surface area contributed by atoms with Crippen molar-refractivity contribution in [2.45, 2.75) is 63.8 Å². The third-order valence-corrected chi connectivity index (χ3v) is 4.96. The predicted octanol–water partition coefficient (Wildman–Crippen LogP) is 3.55. The number of rotatable bonds is 1.